The van der Waals surface area contributed by atoms with Crippen molar-refractivity contribution in [2.45, 2.75) is 24.7 Å². The molecule has 0 bridgehead atoms. The van der Waals surface area contributed by atoms with Crippen LogP contribution < -0.4 is 4.31 Å². The van der Waals surface area contributed by atoms with Crippen LogP contribution in [0.3, 0.4) is 0 Å². The van der Waals surface area contributed by atoms with Gasteiger partial charge in [-0.2, -0.15) is 0 Å². The van der Waals surface area contributed by atoms with Gasteiger partial charge < -0.3 is 4.90 Å². The number of hydrogen-bond donors (Lipinski definition) is 0. The molecule has 1 amide bonds. The van der Waals surface area contributed by atoms with Gasteiger partial charge in [-0.3, -0.25) is 9.10 Å². The number of rotatable bonds is 10. The summed E-state index contributed by atoms with van der Waals surface area (Å²) in [6.07, 6.45) is -0.783. The van der Waals surface area contributed by atoms with Crippen molar-refractivity contribution >= 4 is 33.2 Å². The average Bonchev–Trinajstić information content (AvgIpc) is 2.71. The third-order valence-electron chi connectivity index (χ3n) is 4.22. The summed E-state index contributed by atoms with van der Waals surface area (Å²) < 4.78 is 53.5. The molecule has 9 heteroatoms. The van der Waals surface area contributed by atoms with Gasteiger partial charge in [0.25, 0.3) is 22.4 Å². The molecule has 0 unspecified atom stereocenters. The van der Waals surface area contributed by atoms with Crippen LogP contribution in [0.5, 0.6) is 0 Å². The molecule has 5 nitrogen and oxygen atoms in total. The third-order valence-corrected chi connectivity index (χ3v) is 6.50. The quantitative estimate of drug-likeness (QED) is 0.481. The third kappa shape index (κ3) is 5.58. The number of alkyl halides is 2. The highest BCUT2D eigenvalue weighted by Crippen LogP contribution is 2.29. The first-order valence-electron chi connectivity index (χ1n) is 9.28. The van der Waals surface area contributed by atoms with Crippen LogP contribution >= 0.6 is 11.6 Å². The number of nitrogens with zero attached hydrogens (tertiary/aromatic N) is 2. The van der Waals surface area contributed by atoms with E-state index in [4.69, 9.17) is 11.6 Å². The summed E-state index contributed by atoms with van der Waals surface area (Å²) in [4.78, 5) is 13.5. The molecule has 0 heterocycles. The Balaban J connectivity index is 2.50. The minimum atomic E-state index is -4.15. The molecule has 2 aromatic rings. The normalized spacial score (nSPS) is 11.4. The fourth-order valence-electron chi connectivity index (χ4n) is 2.90. The average molecular weight is 457 g/mol. The molecule has 0 fully saturated rings. The van der Waals surface area contributed by atoms with Crippen molar-refractivity contribution in [1.82, 2.24) is 4.90 Å². The maximum Gasteiger partial charge on any atom is 0.266 e. The van der Waals surface area contributed by atoms with E-state index in [1.807, 2.05) is 0 Å². The van der Waals surface area contributed by atoms with Gasteiger partial charge in [0, 0.05) is 12.1 Å². The van der Waals surface area contributed by atoms with Gasteiger partial charge in [0.2, 0.25) is 0 Å². The molecule has 2 rings (SSSR count). The van der Waals surface area contributed by atoms with E-state index in [1.54, 1.807) is 37.3 Å². The number of anilines is 1. The Hall–Kier alpha value is -2.45. The zero-order chi connectivity index (χ0) is 22.3. The zero-order valence-electron chi connectivity index (χ0n) is 16.5. The van der Waals surface area contributed by atoms with Crippen molar-refractivity contribution in [2.75, 3.05) is 23.9 Å². The first-order valence-corrected chi connectivity index (χ1v) is 11.1. The van der Waals surface area contributed by atoms with Gasteiger partial charge in [-0.15, -0.1) is 6.58 Å². The standard InChI is InChI=1S/C21H23ClF2N2O3S/c1-3-12-25(15-20(23)24)21(27)16-10-11-18(22)19(14-16)30(28,29)26(13-4-2)17-8-6-5-7-9-17/h4-11,14,20H,2-3,12-13,15H2,1H3. The van der Waals surface area contributed by atoms with Crippen LogP contribution in [0.25, 0.3) is 0 Å². The molecule has 0 saturated carbocycles. The van der Waals surface area contributed by atoms with Crippen molar-refractivity contribution in [3.05, 3.63) is 71.8 Å². The lowest BCUT2D eigenvalue weighted by molar-refractivity contribution is 0.0555. The number of sulfonamides is 1. The van der Waals surface area contributed by atoms with E-state index in [1.165, 1.54) is 18.2 Å². The molecule has 0 atom stereocenters. The number of halogens is 3. The van der Waals surface area contributed by atoms with E-state index in [2.05, 4.69) is 6.58 Å². The highest BCUT2D eigenvalue weighted by molar-refractivity contribution is 7.93. The van der Waals surface area contributed by atoms with E-state index in [9.17, 15) is 22.0 Å². The second kappa shape index (κ2) is 10.5. The molecular formula is C21H23ClF2N2O3S. The lowest BCUT2D eigenvalue weighted by Crippen LogP contribution is -2.36. The highest BCUT2D eigenvalue weighted by atomic mass is 35.5. The maximum absolute atomic E-state index is 13.3. The largest absolute Gasteiger partial charge is 0.333 e. The van der Waals surface area contributed by atoms with Crippen molar-refractivity contribution < 1.29 is 22.0 Å². The second-order valence-corrected chi connectivity index (χ2v) is 8.69. The summed E-state index contributed by atoms with van der Waals surface area (Å²) >= 11 is 6.17. The zero-order valence-corrected chi connectivity index (χ0v) is 18.0. The Labute approximate surface area is 180 Å². The fraction of sp³-hybridized carbons (Fsp3) is 0.286. The highest BCUT2D eigenvalue weighted by Gasteiger charge is 2.28. The SMILES string of the molecule is C=CCN(c1ccccc1)S(=O)(=O)c1cc(C(=O)N(CCC)CC(F)F)ccc1Cl. The van der Waals surface area contributed by atoms with Crippen molar-refractivity contribution in [3.8, 4) is 0 Å². The lowest BCUT2D eigenvalue weighted by atomic mass is 10.2. The lowest BCUT2D eigenvalue weighted by Gasteiger charge is -2.25. The van der Waals surface area contributed by atoms with Gasteiger partial charge in [0.05, 0.1) is 23.8 Å². The predicted octanol–water partition coefficient (Wildman–Crippen LogP) is 4.84. The minimum Gasteiger partial charge on any atom is -0.333 e. The van der Waals surface area contributed by atoms with Crippen LogP contribution in [-0.4, -0.2) is 45.3 Å². The Morgan fingerprint density at radius 1 is 1.20 bits per heavy atom. The minimum absolute atomic E-state index is 0.0197. The predicted molar refractivity (Wildman–Crippen MR) is 115 cm³/mol. The van der Waals surface area contributed by atoms with Gasteiger partial charge >= 0.3 is 0 Å². The summed E-state index contributed by atoms with van der Waals surface area (Å²) in [5.74, 6) is -0.680. The molecule has 0 aliphatic carbocycles. The summed E-state index contributed by atoms with van der Waals surface area (Å²) in [6, 6.07) is 12.1. The first kappa shape index (κ1) is 23.8. The molecule has 0 spiro atoms. The van der Waals surface area contributed by atoms with E-state index < -0.39 is 28.9 Å². The number of amides is 1. The molecule has 0 saturated heterocycles. The number of carbonyl (C=O) groups excluding carboxylic acids is 1. The molecule has 0 N–H and O–H groups in total. The summed E-state index contributed by atoms with van der Waals surface area (Å²) in [5.41, 5.74) is 0.370. The number of benzene rings is 2. The molecule has 0 aromatic heterocycles. The van der Waals surface area contributed by atoms with Gasteiger partial charge in [-0.05, 0) is 36.8 Å². The number of hydrogen-bond acceptors (Lipinski definition) is 3. The van der Waals surface area contributed by atoms with E-state index in [-0.39, 0.29) is 28.6 Å². The van der Waals surface area contributed by atoms with Crippen LogP contribution in [0.1, 0.15) is 23.7 Å². The van der Waals surface area contributed by atoms with Crippen LogP contribution in [0, 0.1) is 0 Å². The first-order chi connectivity index (χ1) is 14.2. The Bertz CT molecular complexity index is 985. The second-order valence-electron chi connectivity index (χ2n) is 6.45. The number of carbonyl (C=O) groups is 1. The smallest absolute Gasteiger partial charge is 0.266 e. The molecular weight excluding hydrogens is 434 g/mol. The molecule has 0 radical (unpaired) electrons. The maximum atomic E-state index is 13.3. The van der Waals surface area contributed by atoms with Crippen molar-refractivity contribution in [3.63, 3.8) is 0 Å². The molecule has 30 heavy (non-hydrogen) atoms. The summed E-state index contributed by atoms with van der Waals surface area (Å²) in [6.45, 7) is 4.74. The molecule has 2 aromatic carbocycles. The molecule has 0 aliphatic heterocycles. The van der Waals surface area contributed by atoms with Gasteiger partial charge in [0.15, 0.2) is 0 Å². The topological polar surface area (TPSA) is 57.7 Å². The Morgan fingerprint density at radius 2 is 1.87 bits per heavy atom. The fourth-order valence-corrected chi connectivity index (χ4v) is 4.84. The molecule has 0 aliphatic rings. The van der Waals surface area contributed by atoms with E-state index in [0.29, 0.717) is 12.1 Å². The van der Waals surface area contributed by atoms with Gasteiger partial charge in [-0.25, -0.2) is 17.2 Å². The molecule has 162 valence electrons. The monoisotopic (exact) mass is 456 g/mol. The Kier molecular flexibility index (Phi) is 8.37. The number of para-hydroxylation sites is 1. The van der Waals surface area contributed by atoms with Crippen LogP contribution in [0.4, 0.5) is 14.5 Å². The summed E-state index contributed by atoms with van der Waals surface area (Å²) in [5, 5.41) is -0.0764. The van der Waals surface area contributed by atoms with Crippen molar-refractivity contribution in [2.24, 2.45) is 0 Å². The van der Waals surface area contributed by atoms with Crippen molar-refractivity contribution in [1.29, 1.82) is 0 Å². The van der Waals surface area contributed by atoms with Crippen LogP contribution in [-0.2, 0) is 10.0 Å². The van der Waals surface area contributed by atoms with Gasteiger partial charge in [-0.1, -0.05) is 42.8 Å². The van der Waals surface area contributed by atoms with E-state index in [0.717, 1.165) is 15.3 Å². The van der Waals surface area contributed by atoms with E-state index >= 15 is 0 Å². The van der Waals surface area contributed by atoms with Crippen LogP contribution in [0.15, 0.2) is 66.1 Å². The summed E-state index contributed by atoms with van der Waals surface area (Å²) in [7, 11) is -4.15. The van der Waals surface area contributed by atoms with Gasteiger partial charge in [0.1, 0.15) is 4.90 Å². The van der Waals surface area contributed by atoms with Crippen LogP contribution in [0.2, 0.25) is 5.02 Å². The Morgan fingerprint density at radius 3 is 2.43 bits per heavy atom.